The van der Waals surface area contributed by atoms with E-state index in [1.165, 1.54) is 0 Å². The van der Waals surface area contributed by atoms with Crippen LogP contribution in [0.3, 0.4) is 0 Å². The van der Waals surface area contributed by atoms with E-state index in [-0.39, 0.29) is 18.0 Å². The van der Waals surface area contributed by atoms with E-state index in [2.05, 4.69) is 20.3 Å². The second kappa shape index (κ2) is 11.7. The maximum absolute atomic E-state index is 12.3. The molecule has 10 heteroatoms. The van der Waals surface area contributed by atoms with E-state index in [4.69, 9.17) is 32.4 Å². The van der Waals surface area contributed by atoms with E-state index in [0.29, 0.717) is 57.5 Å². The van der Waals surface area contributed by atoms with Crippen LogP contribution in [0.15, 0.2) is 62.9 Å². The Morgan fingerprint density at radius 2 is 1.72 bits per heavy atom. The lowest BCUT2D eigenvalue weighted by Crippen LogP contribution is -2.40. The first kappa shape index (κ1) is 25.9. The highest BCUT2D eigenvalue weighted by Gasteiger charge is 2.33. The molecule has 2 atom stereocenters. The normalized spacial score (nSPS) is 16.7. The summed E-state index contributed by atoms with van der Waals surface area (Å²) in [6, 6.07) is 13.2. The molecule has 0 saturated heterocycles. The van der Waals surface area contributed by atoms with Crippen molar-refractivity contribution >= 4 is 40.8 Å². The number of nitrogens with zero attached hydrogens (tertiary/aromatic N) is 3. The molecule has 0 aliphatic carbocycles. The van der Waals surface area contributed by atoms with Crippen LogP contribution in [-0.2, 0) is 9.53 Å². The number of hydrogen-bond donors (Lipinski definition) is 2. The molecule has 2 heterocycles. The molecule has 0 bridgehead atoms. The first-order valence-electron chi connectivity index (χ1n) is 11.6. The molecule has 188 valence electrons. The first-order valence-corrected chi connectivity index (χ1v) is 12.3. The predicted octanol–water partition coefficient (Wildman–Crippen LogP) is 5.29. The van der Waals surface area contributed by atoms with Crippen molar-refractivity contribution in [3.05, 3.63) is 69.8 Å². The number of benzene rings is 2. The van der Waals surface area contributed by atoms with Gasteiger partial charge in [0.1, 0.15) is 0 Å². The lowest BCUT2D eigenvalue weighted by atomic mass is 10.1. The number of aromatic hydroxyl groups is 1. The molecular formula is C26H26Cl2N4O4. The van der Waals surface area contributed by atoms with E-state index < -0.39 is 6.04 Å². The van der Waals surface area contributed by atoms with Crippen molar-refractivity contribution in [1.82, 2.24) is 10.3 Å². The molecule has 3 aromatic rings. The number of rotatable bonds is 10. The van der Waals surface area contributed by atoms with Crippen molar-refractivity contribution in [1.29, 1.82) is 0 Å². The summed E-state index contributed by atoms with van der Waals surface area (Å²) in [6.45, 7) is 4.95. The number of hydrogen-bond acceptors (Lipinski definition) is 8. The fraction of sp³-hybridized carbons (Fsp3) is 0.308. The maximum Gasteiger partial charge on any atom is 0.339 e. The summed E-state index contributed by atoms with van der Waals surface area (Å²) in [5.74, 6) is -0.0149. The zero-order valence-corrected chi connectivity index (χ0v) is 21.4. The van der Waals surface area contributed by atoms with Crippen molar-refractivity contribution < 1.29 is 19.1 Å². The Labute approximate surface area is 219 Å². The molecule has 0 amide bonds. The van der Waals surface area contributed by atoms with Gasteiger partial charge in [-0.2, -0.15) is 0 Å². The molecule has 1 aromatic heterocycles. The third-order valence-corrected chi connectivity index (χ3v) is 6.21. The minimum Gasteiger partial charge on any atom is -0.479 e. The standard InChI is InChI=1S/C26H26Cl2N4O4/c1-15(21-25(33)35-23(31-21)17-5-9-19(27)10-6-17)29-13-3-4-14-30-16(2)22-26(34)36-24(32-22)18-7-11-20(28)12-8-18/h5-12,15,21,29,34H,3-4,13-14H2,1-2H3/t15-,21-/m1/s1. The Bertz CT molecular complexity index is 1270. The van der Waals surface area contributed by atoms with Crippen LogP contribution in [0.5, 0.6) is 5.95 Å². The van der Waals surface area contributed by atoms with Crippen molar-refractivity contribution in [3.8, 4) is 17.4 Å². The minimum absolute atomic E-state index is 0.175. The fourth-order valence-corrected chi connectivity index (χ4v) is 3.92. The van der Waals surface area contributed by atoms with Gasteiger partial charge in [0.25, 0.3) is 0 Å². The number of cyclic esters (lactones) is 1. The lowest BCUT2D eigenvalue weighted by molar-refractivity contribution is -0.135. The summed E-state index contributed by atoms with van der Waals surface area (Å²) in [6.07, 6.45) is 1.66. The monoisotopic (exact) mass is 528 g/mol. The number of esters is 1. The highest BCUT2D eigenvalue weighted by atomic mass is 35.5. The van der Waals surface area contributed by atoms with Gasteiger partial charge in [-0.05, 0) is 81.8 Å². The largest absolute Gasteiger partial charge is 0.479 e. The lowest BCUT2D eigenvalue weighted by Gasteiger charge is -2.15. The minimum atomic E-state index is -0.596. The van der Waals surface area contributed by atoms with Crippen molar-refractivity contribution in [2.75, 3.05) is 13.1 Å². The van der Waals surface area contributed by atoms with Crippen LogP contribution < -0.4 is 5.32 Å². The molecule has 4 rings (SSSR count). The Balaban J connectivity index is 1.23. The molecule has 1 aliphatic heterocycles. The van der Waals surface area contributed by atoms with Gasteiger partial charge in [-0.15, -0.1) is 0 Å². The summed E-state index contributed by atoms with van der Waals surface area (Å²) in [5, 5.41) is 14.7. The van der Waals surface area contributed by atoms with Crippen LogP contribution in [0, 0.1) is 0 Å². The average Bonchev–Trinajstić information content (AvgIpc) is 3.44. The topological polar surface area (TPSA) is 109 Å². The van der Waals surface area contributed by atoms with Gasteiger partial charge in [-0.3, -0.25) is 4.99 Å². The number of halogens is 2. The number of oxazole rings is 1. The molecule has 0 spiro atoms. The molecule has 0 saturated carbocycles. The molecule has 36 heavy (non-hydrogen) atoms. The van der Waals surface area contributed by atoms with E-state index in [9.17, 15) is 9.90 Å². The Morgan fingerprint density at radius 3 is 2.39 bits per heavy atom. The summed E-state index contributed by atoms with van der Waals surface area (Å²) >= 11 is 11.8. The number of nitrogens with one attached hydrogen (secondary N) is 1. The predicted molar refractivity (Wildman–Crippen MR) is 140 cm³/mol. The van der Waals surface area contributed by atoms with Gasteiger partial charge in [0.05, 0.1) is 5.71 Å². The van der Waals surface area contributed by atoms with E-state index in [1.807, 2.05) is 6.92 Å². The average molecular weight is 529 g/mol. The Kier molecular flexibility index (Phi) is 8.40. The maximum atomic E-state index is 12.3. The molecule has 0 unspecified atom stereocenters. The van der Waals surface area contributed by atoms with Crippen molar-refractivity contribution in [2.24, 2.45) is 9.98 Å². The van der Waals surface area contributed by atoms with Gasteiger partial charge in [-0.1, -0.05) is 23.2 Å². The molecule has 2 N–H and O–H groups in total. The van der Waals surface area contributed by atoms with Crippen molar-refractivity contribution in [2.45, 2.75) is 38.8 Å². The zero-order valence-electron chi connectivity index (χ0n) is 19.9. The number of aliphatic imine (C=N–C) groups is 2. The van der Waals surface area contributed by atoms with Gasteiger partial charge >= 0.3 is 11.9 Å². The first-order chi connectivity index (χ1) is 17.3. The van der Waals surface area contributed by atoms with E-state index >= 15 is 0 Å². The van der Waals surface area contributed by atoms with E-state index in [0.717, 1.165) is 12.8 Å². The van der Waals surface area contributed by atoms with Crippen LogP contribution in [0.1, 0.15) is 37.9 Å². The second-order valence-electron chi connectivity index (χ2n) is 8.40. The number of ether oxygens (including phenoxy) is 1. The summed E-state index contributed by atoms with van der Waals surface area (Å²) in [7, 11) is 0. The third kappa shape index (κ3) is 6.32. The highest BCUT2D eigenvalue weighted by molar-refractivity contribution is 6.31. The number of carbonyl (C=O) groups is 1. The van der Waals surface area contributed by atoms with Gasteiger partial charge in [0.2, 0.25) is 11.8 Å². The van der Waals surface area contributed by atoms with Gasteiger partial charge < -0.3 is 19.6 Å². The Hall–Kier alpha value is -3.20. The zero-order chi connectivity index (χ0) is 25.7. The van der Waals surface area contributed by atoms with Crippen LogP contribution >= 0.6 is 23.2 Å². The third-order valence-electron chi connectivity index (χ3n) is 5.70. The van der Waals surface area contributed by atoms with Crippen LogP contribution in [-0.4, -0.2) is 52.8 Å². The number of carbonyl (C=O) groups excluding carboxylic acids is 1. The molecule has 2 aromatic carbocycles. The quantitative estimate of drug-likeness (QED) is 0.210. The SMILES string of the molecule is CC(=NCCCCN[C@H](C)[C@H]1N=C(c2ccc(Cl)cc2)OC1=O)c1nc(-c2ccc(Cl)cc2)oc1O. The molecule has 0 radical (unpaired) electrons. The van der Waals surface area contributed by atoms with Gasteiger partial charge in [0.15, 0.2) is 11.7 Å². The van der Waals surface area contributed by atoms with Gasteiger partial charge in [-0.25, -0.2) is 14.8 Å². The molecular weight excluding hydrogens is 503 g/mol. The molecule has 8 nitrogen and oxygen atoms in total. The smallest absolute Gasteiger partial charge is 0.339 e. The van der Waals surface area contributed by atoms with Crippen LogP contribution in [0.4, 0.5) is 0 Å². The summed E-state index contributed by atoms with van der Waals surface area (Å²) in [4.78, 5) is 25.6. The highest BCUT2D eigenvalue weighted by Crippen LogP contribution is 2.27. The second-order valence-corrected chi connectivity index (χ2v) is 9.28. The van der Waals surface area contributed by atoms with Crippen LogP contribution in [0.2, 0.25) is 10.0 Å². The van der Waals surface area contributed by atoms with E-state index in [1.54, 1.807) is 55.5 Å². The summed E-state index contributed by atoms with van der Waals surface area (Å²) < 4.78 is 10.7. The number of aromatic nitrogens is 1. The van der Waals surface area contributed by atoms with Gasteiger partial charge in [0, 0.05) is 33.8 Å². The summed E-state index contributed by atoms with van der Waals surface area (Å²) in [5.41, 5.74) is 2.34. The van der Waals surface area contributed by atoms with Crippen LogP contribution in [0.25, 0.3) is 11.5 Å². The fourth-order valence-electron chi connectivity index (χ4n) is 3.67. The molecule has 0 fully saturated rings. The Morgan fingerprint density at radius 1 is 1.08 bits per heavy atom. The molecule has 1 aliphatic rings. The van der Waals surface area contributed by atoms with Crippen molar-refractivity contribution in [3.63, 3.8) is 0 Å². The number of unbranched alkanes of at least 4 members (excludes halogenated alkanes) is 1.